The van der Waals surface area contributed by atoms with E-state index < -0.39 is 23.7 Å². The highest BCUT2D eigenvalue weighted by Crippen LogP contribution is 2.56. The molecule has 0 aromatic heterocycles. The van der Waals surface area contributed by atoms with Gasteiger partial charge in [0.05, 0.1) is 33.6 Å². The van der Waals surface area contributed by atoms with Gasteiger partial charge in [-0.15, -0.1) is 0 Å². The number of carbonyl (C=O) groups excluding carboxylic acids is 4. The molecule has 40 heavy (non-hydrogen) atoms. The number of carbonyl (C=O) groups is 4. The smallest absolute Gasteiger partial charge is 0.238 e. The summed E-state index contributed by atoms with van der Waals surface area (Å²) in [7, 11) is 1.43. The number of ether oxygens (including phenoxy) is 1. The maximum Gasteiger partial charge on any atom is 0.238 e. The lowest BCUT2D eigenvalue weighted by atomic mass is 9.59. The zero-order valence-electron chi connectivity index (χ0n) is 21.3. The van der Waals surface area contributed by atoms with Gasteiger partial charge in [-0.25, -0.2) is 0 Å². The summed E-state index contributed by atoms with van der Waals surface area (Å²) in [6, 6.07) is 10.4. The third-order valence-corrected chi connectivity index (χ3v) is 9.52. The average Bonchev–Trinajstić information content (AvgIpc) is 3.21. The van der Waals surface area contributed by atoms with Gasteiger partial charge in [-0.05, 0) is 86.0 Å². The van der Waals surface area contributed by atoms with E-state index in [9.17, 15) is 24.3 Å². The molecule has 202 valence electrons. The molecule has 9 heteroatoms. The number of methoxy groups -OCH3 is 1. The number of anilines is 1. The van der Waals surface area contributed by atoms with Crippen molar-refractivity contribution in [3.8, 4) is 11.5 Å². The third kappa shape index (κ3) is 3.89. The van der Waals surface area contributed by atoms with Crippen molar-refractivity contribution in [2.45, 2.75) is 18.8 Å². The van der Waals surface area contributed by atoms with Crippen LogP contribution in [0.15, 0.2) is 80.8 Å². The first-order chi connectivity index (χ1) is 19.2. The van der Waals surface area contributed by atoms with Crippen LogP contribution in [-0.4, -0.2) is 35.6 Å². The minimum atomic E-state index is -0.682. The summed E-state index contributed by atoms with van der Waals surface area (Å²) < 4.78 is 5.91. The molecule has 0 spiro atoms. The molecular formula is C31H23Br2NO6. The summed E-state index contributed by atoms with van der Waals surface area (Å²) in [6.07, 6.45) is 5.43. The van der Waals surface area contributed by atoms with Crippen LogP contribution in [0.2, 0.25) is 0 Å². The number of hydrogen-bond acceptors (Lipinski definition) is 6. The van der Waals surface area contributed by atoms with Gasteiger partial charge in [0.1, 0.15) is 0 Å². The van der Waals surface area contributed by atoms with Gasteiger partial charge in [0.15, 0.2) is 23.1 Å². The number of allylic oxidation sites excluding steroid dienone is 6. The second-order valence-corrected chi connectivity index (χ2v) is 12.0. The van der Waals surface area contributed by atoms with Crippen molar-refractivity contribution in [2.75, 3.05) is 12.0 Å². The van der Waals surface area contributed by atoms with Gasteiger partial charge < -0.3 is 9.84 Å². The highest BCUT2D eigenvalue weighted by atomic mass is 79.9. The first-order valence-electron chi connectivity index (χ1n) is 12.7. The Morgan fingerprint density at radius 1 is 1.05 bits per heavy atom. The van der Waals surface area contributed by atoms with Gasteiger partial charge in [0, 0.05) is 23.1 Å². The normalized spacial score (nSPS) is 25.7. The minimum Gasteiger partial charge on any atom is -0.503 e. The largest absolute Gasteiger partial charge is 0.503 e. The fraction of sp³-hybridized carbons (Fsp3) is 0.226. The summed E-state index contributed by atoms with van der Waals surface area (Å²) in [4.78, 5) is 55.6. The topological polar surface area (TPSA) is 101 Å². The van der Waals surface area contributed by atoms with E-state index in [1.807, 2.05) is 6.08 Å². The molecule has 2 aromatic rings. The van der Waals surface area contributed by atoms with E-state index >= 15 is 0 Å². The maximum atomic E-state index is 14.0. The molecule has 4 aliphatic rings. The number of fused-ring (bicyclic) bond motifs is 3. The van der Waals surface area contributed by atoms with Crippen LogP contribution >= 0.6 is 31.9 Å². The monoisotopic (exact) mass is 663 g/mol. The molecule has 0 radical (unpaired) electrons. The van der Waals surface area contributed by atoms with Crippen LogP contribution in [0.4, 0.5) is 5.69 Å². The molecule has 1 N–H and O–H groups in total. The van der Waals surface area contributed by atoms with Crippen LogP contribution in [0, 0.1) is 17.8 Å². The van der Waals surface area contributed by atoms with Gasteiger partial charge in [-0.1, -0.05) is 36.4 Å². The number of benzene rings is 2. The third-order valence-electron chi connectivity index (χ3n) is 8.32. The molecular weight excluding hydrogens is 642 g/mol. The number of hydrogen-bond donors (Lipinski definition) is 1. The summed E-state index contributed by atoms with van der Waals surface area (Å²) in [5.41, 5.74) is 3.49. The van der Waals surface area contributed by atoms with E-state index in [-0.39, 0.29) is 45.8 Å². The second-order valence-electron chi connectivity index (χ2n) is 10.3. The molecule has 7 nitrogen and oxygen atoms in total. The molecule has 2 aromatic carbocycles. The molecule has 1 aliphatic heterocycles. The lowest BCUT2D eigenvalue weighted by molar-refractivity contribution is -0.123. The molecule has 0 bridgehead atoms. The van der Waals surface area contributed by atoms with E-state index in [1.54, 1.807) is 42.5 Å². The van der Waals surface area contributed by atoms with Crippen molar-refractivity contribution in [1.29, 1.82) is 0 Å². The van der Waals surface area contributed by atoms with Crippen LogP contribution in [0.1, 0.15) is 29.9 Å². The van der Waals surface area contributed by atoms with Crippen molar-refractivity contribution < 1.29 is 29.0 Å². The van der Waals surface area contributed by atoms with E-state index in [0.29, 0.717) is 33.3 Å². The Kier molecular flexibility index (Phi) is 6.54. The van der Waals surface area contributed by atoms with Gasteiger partial charge in [-0.2, -0.15) is 0 Å². The molecule has 6 rings (SSSR count). The molecule has 3 aliphatic carbocycles. The zero-order valence-corrected chi connectivity index (χ0v) is 24.5. The minimum absolute atomic E-state index is 0.0890. The van der Waals surface area contributed by atoms with Crippen molar-refractivity contribution >= 4 is 67.0 Å². The lowest BCUT2D eigenvalue weighted by Gasteiger charge is -2.42. The molecule has 2 amide bonds. The Morgan fingerprint density at radius 2 is 1.77 bits per heavy atom. The number of nitrogens with zero attached hydrogens (tertiary/aromatic N) is 1. The lowest BCUT2D eigenvalue weighted by Crippen LogP contribution is -2.39. The van der Waals surface area contributed by atoms with Crippen molar-refractivity contribution in [3.05, 3.63) is 91.9 Å². The number of amides is 2. The molecule has 1 fully saturated rings. The number of aromatic hydroxyl groups is 1. The molecule has 0 unspecified atom stereocenters. The van der Waals surface area contributed by atoms with Gasteiger partial charge in [0.25, 0.3) is 0 Å². The SMILES string of the molecule is C=Cc1ccc(N2C(=O)[C@H]3[C@H](CC=C4[C@H](c5cc(Br)c(O)c(OC)c5)C5=C(C[C@H]43)C(=O)C(Br)=CC5=O)C2=O)cc1. The standard InChI is InChI=1S/C31H23Br2NO6/c1-3-14-4-6-16(7-5-14)34-30(38)18-9-8-17-19(26(18)31(34)39)12-20-27(23(35)13-22(33)28(20)36)25(17)15-10-21(32)29(37)24(11-15)40-2/h3-8,10-11,13,18-19,25-26,37H,1,9,12H2,2H3/t18-,19+,25-,26-/m0/s1. The number of Topliss-reactive ketones (excluding diaryl/α,β-unsaturated/α-hetero) is 1. The summed E-state index contributed by atoms with van der Waals surface area (Å²) in [5, 5.41) is 10.4. The fourth-order valence-electron chi connectivity index (χ4n) is 6.52. The summed E-state index contributed by atoms with van der Waals surface area (Å²) in [6.45, 7) is 3.75. The van der Waals surface area contributed by atoms with E-state index in [1.165, 1.54) is 18.1 Å². The Labute approximate surface area is 247 Å². The fourth-order valence-corrected chi connectivity index (χ4v) is 7.42. The maximum absolute atomic E-state index is 14.0. The van der Waals surface area contributed by atoms with Crippen LogP contribution in [-0.2, 0) is 19.2 Å². The van der Waals surface area contributed by atoms with Crippen LogP contribution in [0.3, 0.4) is 0 Å². The molecule has 1 saturated heterocycles. The number of rotatable bonds is 4. The van der Waals surface area contributed by atoms with E-state index in [2.05, 4.69) is 38.4 Å². The first kappa shape index (κ1) is 26.7. The van der Waals surface area contributed by atoms with Crippen LogP contribution < -0.4 is 9.64 Å². The Balaban J connectivity index is 1.49. The summed E-state index contributed by atoms with van der Waals surface area (Å²) >= 11 is 6.61. The molecule has 4 atom stereocenters. The highest BCUT2D eigenvalue weighted by Gasteiger charge is 2.56. The van der Waals surface area contributed by atoms with Crippen LogP contribution in [0.25, 0.3) is 6.08 Å². The number of phenols is 1. The summed E-state index contributed by atoms with van der Waals surface area (Å²) in [5.74, 6) is -3.45. The quantitative estimate of drug-likeness (QED) is 0.253. The Bertz CT molecular complexity index is 1630. The Hall–Kier alpha value is -3.56. The van der Waals surface area contributed by atoms with Gasteiger partial charge in [-0.3, -0.25) is 24.1 Å². The number of halogens is 2. The number of imide groups is 1. The zero-order chi connectivity index (χ0) is 28.5. The highest BCUT2D eigenvalue weighted by molar-refractivity contribution is 9.12. The average molecular weight is 665 g/mol. The van der Waals surface area contributed by atoms with Gasteiger partial charge in [0.2, 0.25) is 11.8 Å². The molecule has 1 heterocycles. The number of phenolic OH excluding ortho intramolecular Hbond substituents is 1. The van der Waals surface area contributed by atoms with Crippen molar-refractivity contribution in [3.63, 3.8) is 0 Å². The van der Waals surface area contributed by atoms with Gasteiger partial charge >= 0.3 is 0 Å². The van der Waals surface area contributed by atoms with Crippen molar-refractivity contribution in [1.82, 2.24) is 0 Å². The van der Waals surface area contributed by atoms with E-state index in [4.69, 9.17) is 4.74 Å². The van der Waals surface area contributed by atoms with Crippen molar-refractivity contribution in [2.24, 2.45) is 17.8 Å². The predicted molar refractivity (Wildman–Crippen MR) is 156 cm³/mol. The molecule has 0 saturated carbocycles. The Morgan fingerprint density at radius 3 is 2.45 bits per heavy atom. The predicted octanol–water partition coefficient (Wildman–Crippen LogP) is 5.77. The van der Waals surface area contributed by atoms with Crippen LogP contribution in [0.5, 0.6) is 11.5 Å². The first-order valence-corrected chi connectivity index (χ1v) is 14.3. The second kappa shape index (κ2) is 9.82. The van der Waals surface area contributed by atoms with E-state index in [0.717, 1.165) is 11.1 Å². The number of ketones is 2.